The molecular formula is C7H10N2O2. The van der Waals surface area contributed by atoms with Gasteiger partial charge in [0, 0.05) is 6.42 Å². The summed E-state index contributed by atoms with van der Waals surface area (Å²) in [7, 11) is 0. The van der Waals surface area contributed by atoms with Crippen LogP contribution in [0.25, 0.3) is 0 Å². The van der Waals surface area contributed by atoms with Crippen molar-refractivity contribution in [3.8, 4) is 0 Å². The van der Waals surface area contributed by atoms with Crippen LogP contribution in [0.2, 0.25) is 0 Å². The number of furan rings is 1. The fourth-order valence-corrected chi connectivity index (χ4v) is 0.820. The third-order valence-corrected chi connectivity index (χ3v) is 1.33. The first-order chi connectivity index (χ1) is 5.20. The fourth-order valence-electron chi connectivity index (χ4n) is 0.820. The second-order valence-corrected chi connectivity index (χ2v) is 2.29. The molecule has 0 aliphatic rings. The molecule has 1 rings (SSSR count). The predicted octanol–water partition coefficient (Wildman–Crippen LogP) is 0.155. The molecule has 1 aromatic heterocycles. The lowest BCUT2D eigenvalue weighted by molar-refractivity contribution is -0.118. The molecule has 11 heavy (non-hydrogen) atoms. The molecule has 1 unspecified atom stereocenters. The van der Waals surface area contributed by atoms with Crippen LogP contribution < -0.4 is 11.5 Å². The normalized spacial score (nSPS) is 12.8. The number of nitrogens with two attached hydrogens (primary N) is 2. The Morgan fingerprint density at radius 2 is 2.45 bits per heavy atom. The number of primary amides is 1. The van der Waals surface area contributed by atoms with E-state index in [1.807, 2.05) is 0 Å². The lowest BCUT2D eigenvalue weighted by atomic mass is 10.2. The first kappa shape index (κ1) is 7.81. The van der Waals surface area contributed by atoms with E-state index in [0.29, 0.717) is 5.76 Å². The van der Waals surface area contributed by atoms with E-state index in [0.717, 1.165) is 0 Å². The highest BCUT2D eigenvalue weighted by Crippen LogP contribution is 2.12. The molecule has 0 aliphatic carbocycles. The number of hydrogen-bond acceptors (Lipinski definition) is 3. The van der Waals surface area contributed by atoms with Gasteiger partial charge in [-0.3, -0.25) is 4.79 Å². The summed E-state index contributed by atoms with van der Waals surface area (Å²) >= 11 is 0. The number of amides is 1. The summed E-state index contributed by atoms with van der Waals surface area (Å²) in [6, 6.07) is 3.02. The van der Waals surface area contributed by atoms with E-state index in [1.165, 1.54) is 6.26 Å². The van der Waals surface area contributed by atoms with Crippen molar-refractivity contribution in [3.63, 3.8) is 0 Å². The Hall–Kier alpha value is -1.29. The van der Waals surface area contributed by atoms with Crippen molar-refractivity contribution in [1.82, 2.24) is 0 Å². The molecule has 0 aromatic carbocycles. The molecule has 0 radical (unpaired) electrons. The highest BCUT2D eigenvalue weighted by atomic mass is 16.3. The smallest absolute Gasteiger partial charge is 0.219 e. The van der Waals surface area contributed by atoms with Crippen molar-refractivity contribution in [3.05, 3.63) is 24.2 Å². The molecule has 1 atom stereocenters. The highest BCUT2D eigenvalue weighted by Gasteiger charge is 2.10. The monoisotopic (exact) mass is 154 g/mol. The molecule has 0 saturated carbocycles. The summed E-state index contributed by atoms with van der Waals surface area (Å²) in [5.41, 5.74) is 10.5. The van der Waals surface area contributed by atoms with Crippen LogP contribution in [-0.2, 0) is 4.79 Å². The maximum atomic E-state index is 10.4. The quantitative estimate of drug-likeness (QED) is 0.650. The maximum absolute atomic E-state index is 10.4. The van der Waals surface area contributed by atoms with Crippen LogP contribution >= 0.6 is 0 Å². The van der Waals surface area contributed by atoms with Gasteiger partial charge in [-0.2, -0.15) is 0 Å². The Bertz CT molecular complexity index is 231. The summed E-state index contributed by atoms with van der Waals surface area (Å²) in [5.74, 6) is 0.165. The van der Waals surface area contributed by atoms with Gasteiger partial charge in [-0.25, -0.2) is 0 Å². The first-order valence-electron chi connectivity index (χ1n) is 3.27. The number of rotatable bonds is 3. The largest absolute Gasteiger partial charge is 0.468 e. The Morgan fingerprint density at radius 3 is 2.91 bits per heavy atom. The molecule has 0 bridgehead atoms. The molecule has 1 amide bonds. The van der Waals surface area contributed by atoms with Crippen molar-refractivity contribution in [2.24, 2.45) is 11.5 Å². The van der Waals surface area contributed by atoms with Gasteiger partial charge in [-0.1, -0.05) is 0 Å². The number of carbonyl (C=O) groups excluding carboxylic acids is 1. The van der Waals surface area contributed by atoms with Gasteiger partial charge in [0.05, 0.1) is 12.3 Å². The summed E-state index contributed by atoms with van der Waals surface area (Å²) in [5, 5.41) is 0. The van der Waals surface area contributed by atoms with Gasteiger partial charge >= 0.3 is 0 Å². The van der Waals surface area contributed by atoms with Gasteiger partial charge in [0.15, 0.2) is 0 Å². The Balaban J connectivity index is 2.56. The zero-order valence-corrected chi connectivity index (χ0v) is 5.99. The van der Waals surface area contributed by atoms with Gasteiger partial charge in [0.1, 0.15) is 5.76 Å². The summed E-state index contributed by atoms with van der Waals surface area (Å²) in [4.78, 5) is 10.4. The molecule has 1 heterocycles. The number of hydrogen-bond donors (Lipinski definition) is 2. The van der Waals surface area contributed by atoms with Crippen LogP contribution in [0.1, 0.15) is 18.2 Å². The highest BCUT2D eigenvalue weighted by molar-refractivity contribution is 5.74. The molecule has 0 aliphatic heterocycles. The average molecular weight is 154 g/mol. The van der Waals surface area contributed by atoms with E-state index in [1.54, 1.807) is 12.1 Å². The third kappa shape index (κ3) is 2.09. The van der Waals surface area contributed by atoms with Crippen LogP contribution in [0.15, 0.2) is 22.8 Å². The van der Waals surface area contributed by atoms with Gasteiger partial charge < -0.3 is 15.9 Å². The number of carbonyl (C=O) groups is 1. The van der Waals surface area contributed by atoms with E-state index >= 15 is 0 Å². The van der Waals surface area contributed by atoms with Crippen molar-refractivity contribution in [2.45, 2.75) is 12.5 Å². The fraction of sp³-hybridized carbons (Fsp3) is 0.286. The van der Waals surface area contributed by atoms with Crippen molar-refractivity contribution in [1.29, 1.82) is 0 Å². The van der Waals surface area contributed by atoms with Crippen LogP contribution in [0, 0.1) is 0 Å². The molecule has 0 spiro atoms. The standard InChI is InChI=1S/C7H10N2O2/c8-5(4-7(9)10)6-2-1-3-11-6/h1-3,5H,4,8H2,(H2,9,10). The predicted molar refractivity (Wildman–Crippen MR) is 39.4 cm³/mol. The van der Waals surface area contributed by atoms with Crippen molar-refractivity contribution in [2.75, 3.05) is 0 Å². The summed E-state index contributed by atoms with van der Waals surface area (Å²) in [6.07, 6.45) is 1.63. The molecule has 0 fully saturated rings. The summed E-state index contributed by atoms with van der Waals surface area (Å²) < 4.78 is 4.96. The molecule has 0 saturated heterocycles. The molecule has 4 nitrogen and oxygen atoms in total. The van der Waals surface area contributed by atoms with Gasteiger partial charge in [0.2, 0.25) is 5.91 Å². The lowest BCUT2D eigenvalue weighted by Crippen LogP contribution is -2.20. The Kier molecular flexibility index (Phi) is 2.28. The SMILES string of the molecule is NC(=O)CC(N)c1ccco1. The van der Waals surface area contributed by atoms with E-state index in [9.17, 15) is 4.79 Å². The van der Waals surface area contributed by atoms with E-state index in [4.69, 9.17) is 15.9 Å². The van der Waals surface area contributed by atoms with Crippen LogP contribution in [0.4, 0.5) is 0 Å². The van der Waals surface area contributed by atoms with Crippen LogP contribution in [-0.4, -0.2) is 5.91 Å². The average Bonchev–Trinajstić information content (AvgIpc) is 2.35. The van der Waals surface area contributed by atoms with E-state index < -0.39 is 11.9 Å². The van der Waals surface area contributed by atoms with Crippen LogP contribution in [0.3, 0.4) is 0 Å². The minimum atomic E-state index is -0.422. The second-order valence-electron chi connectivity index (χ2n) is 2.29. The van der Waals surface area contributed by atoms with Gasteiger partial charge in [-0.15, -0.1) is 0 Å². The zero-order valence-electron chi connectivity index (χ0n) is 5.99. The molecular weight excluding hydrogens is 144 g/mol. The first-order valence-corrected chi connectivity index (χ1v) is 3.27. The van der Waals surface area contributed by atoms with E-state index in [2.05, 4.69) is 0 Å². The van der Waals surface area contributed by atoms with Gasteiger partial charge in [-0.05, 0) is 12.1 Å². The van der Waals surface area contributed by atoms with Crippen molar-refractivity contribution < 1.29 is 9.21 Å². The maximum Gasteiger partial charge on any atom is 0.219 e. The second kappa shape index (κ2) is 3.21. The van der Waals surface area contributed by atoms with Crippen molar-refractivity contribution >= 4 is 5.91 Å². The third-order valence-electron chi connectivity index (χ3n) is 1.33. The van der Waals surface area contributed by atoms with E-state index in [-0.39, 0.29) is 6.42 Å². The minimum absolute atomic E-state index is 0.119. The minimum Gasteiger partial charge on any atom is -0.468 e. The topological polar surface area (TPSA) is 82.2 Å². The Morgan fingerprint density at radius 1 is 1.73 bits per heavy atom. The molecule has 1 aromatic rings. The summed E-state index contributed by atoms with van der Waals surface area (Å²) in [6.45, 7) is 0. The van der Waals surface area contributed by atoms with Gasteiger partial charge in [0.25, 0.3) is 0 Å². The van der Waals surface area contributed by atoms with Crippen LogP contribution in [0.5, 0.6) is 0 Å². The Labute approximate surface area is 64.2 Å². The molecule has 4 N–H and O–H groups in total. The molecule has 60 valence electrons. The molecule has 4 heteroatoms. The lowest BCUT2D eigenvalue weighted by Gasteiger charge is -2.03. The zero-order chi connectivity index (χ0) is 8.27.